The number of hydrogen-bond donors (Lipinski definition) is 0. The van der Waals surface area contributed by atoms with Crippen LogP contribution < -0.4 is 0 Å². The highest BCUT2D eigenvalue weighted by atomic mass is 35.5. The molecule has 1 aromatic heterocycles. The molecule has 120 valence electrons. The Morgan fingerprint density at radius 2 is 2.17 bits per heavy atom. The van der Waals surface area contributed by atoms with Gasteiger partial charge in [-0.15, -0.1) is 0 Å². The van der Waals surface area contributed by atoms with Crippen LogP contribution in [0.1, 0.15) is 17.2 Å². The number of benzene rings is 1. The summed E-state index contributed by atoms with van der Waals surface area (Å²) in [6, 6.07) is 6.49. The Kier molecular flexibility index (Phi) is 5.54. The van der Waals surface area contributed by atoms with Crippen molar-refractivity contribution < 1.29 is 19.1 Å². The molecule has 0 aliphatic heterocycles. The van der Waals surface area contributed by atoms with Crippen molar-refractivity contribution in [2.45, 2.75) is 6.10 Å². The highest BCUT2D eigenvalue weighted by molar-refractivity contribution is 6.30. The highest BCUT2D eigenvalue weighted by Crippen LogP contribution is 2.22. The number of aromatic nitrogens is 2. The zero-order chi connectivity index (χ0) is 16.8. The summed E-state index contributed by atoms with van der Waals surface area (Å²) in [5, 5.41) is 4.41. The fourth-order valence-corrected chi connectivity index (χ4v) is 2.07. The lowest BCUT2D eigenvalue weighted by molar-refractivity contribution is -0.163. The number of carbonyl (C=O) groups excluding carboxylic acids is 2. The van der Waals surface area contributed by atoms with Gasteiger partial charge in [0.15, 0.2) is 0 Å². The van der Waals surface area contributed by atoms with E-state index in [0.717, 1.165) is 5.56 Å². The average molecular weight is 335 g/mol. The van der Waals surface area contributed by atoms with E-state index in [1.165, 1.54) is 13.2 Å². The first-order valence-electron chi connectivity index (χ1n) is 6.70. The molecule has 0 unspecified atom stereocenters. The maximum atomic E-state index is 11.9. The van der Waals surface area contributed by atoms with E-state index in [-0.39, 0.29) is 0 Å². The van der Waals surface area contributed by atoms with Gasteiger partial charge in [-0.05, 0) is 18.2 Å². The maximum Gasteiger partial charge on any atom is 0.351 e. The molecule has 0 bridgehead atoms. The van der Waals surface area contributed by atoms with E-state index in [1.807, 2.05) is 0 Å². The second kappa shape index (κ2) is 7.60. The Morgan fingerprint density at radius 3 is 2.78 bits per heavy atom. The summed E-state index contributed by atoms with van der Waals surface area (Å²) in [7, 11) is 2.99. The van der Waals surface area contributed by atoms with E-state index in [4.69, 9.17) is 16.3 Å². The van der Waals surface area contributed by atoms with Crippen LogP contribution in [0.2, 0.25) is 5.02 Å². The van der Waals surface area contributed by atoms with Crippen molar-refractivity contribution in [3.63, 3.8) is 0 Å². The number of carbonyl (C=O) groups is 2. The first-order chi connectivity index (χ1) is 11.0. The lowest BCUT2D eigenvalue weighted by Crippen LogP contribution is -2.20. The zero-order valence-electron chi connectivity index (χ0n) is 12.6. The molecule has 0 saturated carbocycles. The minimum absolute atomic E-state index is 0.429. The second-order valence-corrected chi connectivity index (χ2v) is 5.11. The number of aryl methyl sites for hydroxylation is 1. The molecule has 2 aromatic rings. The Labute approximate surface area is 138 Å². The smallest absolute Gasteiger partial charge is 0.351 e. The van der Waals surface area contributed by atoms with E-state index in [2.05, 4.69) is 9.84 Å². The number of halogens is 1. The number of ether oxygens (including phenoxy) is 2. The van der Waals surface area contributed by atoms with Crippen molar-refractivity contribution in [3.05, 3.63) is 58.9 Å². The second-order valence-electron chi connectivity index (χ2n) is 4.68. The molecule has 0 fully saturated rings. The molecule has 7 heteroatoms. The van der Waals surface area contributed by atoms with Crippen molar-refractivity contribution in [2.24, 2.45) is 7.05 Å². The molecule has 0 aliphatic rings. The van der Waals surface area contributed by atoms with Crippen LogP contribution in [-0.2, 0) is 26.1 Å². The molecule has 0 radical (unpaired) electrons. The first kappa shape index (κ1) is 16.8. The van der Waals surface area contributed by atoms with Crippen LogP contribution in [0.25, 0.3) is 6.08 Å². The van der Waals surface area contributed by atoms with E-state index in [1.54, 1.807) is 54.5 Å². The van der Waals surface area contributed by atoms with Crippen LogP contribution in [0, 0.1) is 0 Å². The third-order valence-corrected chi connectivity index (χ3v) is 3.17. The van der Waals surface area contributed by atoms with Crippen LogP contribution in [-0.4, -0.2) is 28.8 Å². The Hall–Kier alpha value is -2.60. The monoisotopic (exact) mass is 334 g/mol. The summed E-state index contributed by atoms with van der Waals surface area (Å²) in [6.07, 6.45) is 4.92. The predicted molar refractivity (Wildman–Crippen MR) is 84.5 cm³/mol. The van der Waals surface area contributed by atoms with Gasteiger partial charge in [-0.25, -0.2) is 9.59 Å². The number of hydrogen-bond acceptors (Lipinski definition) is 5. The molecular weight excluding hydrogens is 320 g/mol. The van der Waals surface area contributed by atoms with Crippen LogP contribution in [0.5, 0.6) is 0 Å². The van der Waals surface area contributed by atoms with Gasteiger partial charge in [0, 0.05) is 35.5 Å². The van der Waals surface area contributed by atoms with Crippen LogP contribution in [0.3, 0.4) is 0 Å². The predicted octanol–water partition coefficient (Wildman–Crippen LogP) is 2.54. The SMILES string of the molecule is COC(=O)[C@H](OC(=O)/C=C/c1cnn(C)c1)c1cccc(Cl)c1. The molecule has 0 N–H and O–H groups in total. The van der Waals surface area contributed by atoms with E-state index in [0.29, 0.717) is 10.6 Å². The van der Waals surface area contributed by atoms with Gasteiger partial charge in [-0.3, -0.25) is 4.68 Å². The molecule has 1 heterocycles. The summed E-state index contributed by atoms with van der Waals surface area (Å²) in [5.41, 5.74) is 1.18. The van der Waals surface area contributed by atoms with Gasteiger partial charge in [-0.1, -0.05) is 23.7 Å². The van der Waals surface area contributed by atoms with Crippen molar-refractivity contribution >= 4 is 29.6 Å². The molecule has 0 aliphatic carbocycles. The lowest BCUT2D eigenvalue weighted by atomic mass is 10.1. The quantitative estimate of drug-likeness (QED) is 0.620. The molecule has 0 saturated heterocycles. The standard InChI is InChI=1S/C16H15ClN2O4/c1-19-10-11(9-18-19)6-7-14(20)23-15(16(21)22-2)12-4-3-5-13(17)8-12/h3-10,15H,1-2H3/b7-6+/t15-/m1/s1. The zero-order valence-corrected chi connectivity index (χ0v) is 13.4. The minimum atomic E-state index is -1.18. The average Bonchev–Trinajstić information content (AvgIpc) is 2.95. The van der Waals surface area contributed by atoms with Crippen LogP contribution in [0.4, 0.5) is 0 Å². The molecule has 6 nitrogen and oxygen atoms in total. The van der Waals surface area contributed by atoms with Crippen molar-refractivity contribution in [1.82, 2.24) is 9.78 Å². The van der Waals surface area contributed by atoms with Gasteiger partial charge >= 0.3 is 11.9 Å². The number of rotatable bonds is 5. The molecule has 0 amide bonds. The van der Waals surface area contributed by atoms with Gasteiger partial charge < -0.3 is 9.47 Å². The summed E-state index contributed by atoms with van der Waals surface area (Å²) in [5.74, 6) is -1.36. The number of methoxy groups -OCH3 is 1. The molecule has 1 atom stereocenters. The Balaban J connectivity index is 2.13. The molecule has 2 rings (SSSR count). The minimum Gasteiger partial charge on any atom is -0.466 e. The normalized spacial score (nSPS) is 12.1. The molecule has 1 aromatic carbocycles. The summed E-state index contributed by atoms with van der Waals surface area (Å²) in [6.45, 7) is 0. The first-order valence-corrected chi connectivity index (χ1v) is 7.08. The summed E-state index contributed by atoms with van der Waals surface area (Å²) >= 11 is 5.90. The third-order valence-electron chi connectivity index (χ3n) is 2.94. The summed E-state index contributed by atoms with van der Waals surface area (Å²) in [4.78, 5) is 23.8. The molecule has 23 heavy (non-hydrogen) atoms. The van der Waals surface area contributed by atoms with Crippen molar-refractivity contribution in [2.75, 3.05) is 7.11 Å². The van der Waals surface area contributed by atoms with Crippen molar-refractivity contribution in [3.8, 4) is 0 Å². The largest absolute Gasteiger partial charge is 0.466 e. The van der Waals surface area contributed by atoms with E-state index >= 15 is 0 Å². The lowest BCUT2D eigenvalue weighted by Gasteiger charge is -2.15. The topological polar surface area (TPSA) is 70.4 Å². The van der Waals surface area contributed by atoms with Crippen molar-refractivity contribution in [1.29, 1.82) is 0 Å². The van der Waals surface area contributed by atoms with Gasteiger partial charge in [0.25, 0.3) is 0 Å². The maximum absolute atomic E-state index is 11.9. The van der Waals surface area contributed by atoms with E-state index < -0.39 is 18.0 Å². The summed E-state index contributed by atoms with van der Waals surface area (Å²) < 4.78 is 11.5. The molecular formula is C16H15ClN2O4. The van der Waals surface area contributed by atoms with Crippen LogP contribution >= 0.6 is 11.6 Å². The highest BCUT2D eigenvalue weighted by Gasteiger charge is 2.25. The van der Waals surface area contributed by atoms with Gasteiger partial charge in [0.05, 0.1) is 13.3 Å². The number of nitrogens with zero attached hydrogens (tertiary/aromatic N) is 2. The van der Waals surface area contributed by atoms with Gasteiger partial charge in [-0.2, -0.15) is 5.10 Å². The van der Waals surface area contributed by atoms with E-state index in [9.17, 15) is 9.59 Å². The molecule has 0 spiro atoms. The fourth-order valence-electron chi connectivity index (χ4n) is 1.87. The third kappa shape index (κ3) is 4.69. The Morgan fingerprint density at radius 1 is 1.39 bits per heavy atom. The fraction of sp³-hybridized carbons (Fsp3) is 0.188. The number of esters is 2. The van der Waals surface area contributed by atoms with Gasteiger partial charge in [0.1, 0.15) is 0 Å². The van der Waals surface area contributed by atoms with Crippen LogP contribution in [0.15, 0.2) is 42.7 Å². The Bertz CT molecular complexity index is 739. The van der Waals surface area contributed by atoms with Gasteiger partial charge in [0.2, 0.25) is 6.10 Å².